The first-order valence-electron chi connectivity index (χ1n) is 11.1. The summed E-state index contributed by atoms with van der Waals surface area (Å²) in [6.07, 6.45) is 0.660. The predicted octanol–water partition coefficient (Wildman–Crippen LogP) is 0.664. The van der Waals surface area contributed by atoms with Gasteiger partial charge in [-0.25, -0.2) is 13.4 Å². The first-order valence-corrected chi connectivity index (χ1v) is 12.5. The van der Waals surface area contributed by atoms with E-state index in [-0.39, 0.29) is 29.8 Å². The van der Waals surface area contributed by atoms with Gasteiger partial charge in [0.25, 0.3) is 11.8 Å². The highest BCUT2D eigenvalue weighted by atomic mass is 32.2. The standard InChI is InChI=1S/C23H23N3O7S/c27-21(18-2-1-3-19-17(18)4-5-31-19)23(28)25-10-14-12-26(13-15(14)11-25)34(29,30)16-8-20-22(24-9-16)33-7-6-32-20/h1-3,8-9,21,27H,4-7,10-13H2. The third-order valence-corrected chi connectivity index (χ3v) is 8.38. The topological polar surface area (TPSA) is 119 Å². The maximum Gasteiger partial charge on any atom is 0.257 e. The molecule has 1 unspecified atom stereocenters. The Bertz CT molecular complexity index is 1310. The van der Waals surface area contributed by atoms with Crippen LogP contribution in [0.1, 0.15) is 17.2 Å². The molecule has 0 spiro atoms. The van der Waals surface area contributed by atoms with Crippen LogP contribution in [0.15, 0.2) is 46.5 Å². The molecule has 1 aromatic carbocycles. The number of aliphatic hydroxyl groups is 1. The van der Waals surface area contributed by atoms with Crippen molar-refractivity contribution in [2.24, 2.45) is 0 Å². The SMILES string of the molecule is O=C(C(O)c1cccc2c1CCO2)N1CC2=C(C1)CN(S(=O)(=O)c1cnc3c(c1)OCCO3)C2. The number of carbonyl (C=O) groups is 1. The van der Waals surface area contributed by atoms with E-state index < -0.39 is 16.1 Å². The predicted molar refractivity (Wildman–Crippen MR) is 118 cm³/mol. The van der Waals surface area contributed by atoms with Crippen molar-refractivity contribution in [2.45, 2.75) is 17.4 Å². The molecule has 1 amide bonds. The molecule has 0 fully saturated rings. The molecule has 10 nitrogen and oxygen atoms in total. The molecule has 0 aliphatic carbocycles. The molecule has 4 aliphatic heterocycles. The van der Waals surface area contributed by atoms with Gasteiger partial charge in [0.2, 0.25) is 10.0 Å². The van der Waals surface area contributed by atoms with Crippen molar-refractivity contribution in [3.63, 3.8) is 0 Å². The minimum atomic E-state index is -3.79. The van der Waals surface area contributed by atoms with Gasteiger partial charge >= 0.3 is 0 Å². The number of nitrogens with zero attached hydrogens (tertiary/aromatic N) is 3. The van der Waals surface area contributed by atoms with E-state index >= 15 is 0 Å². The van der Waals surface area contributed by atoms with E-state index in [9.17, 15) is 18.3 Å². The Morgan fingerprint density at radius 1 is 1.00 bits per heavy atom. The summed E-state index contributed by atoms with van der Waals surface area (Å²) in [6, 6.07) is 6.80. The van der Waals surface area contributed by atoms with E-state index in [1.165, 1.54) is 16.6 Å². The average molecular weight is 486 g/mol. The number of carbonyl (C=O) groups excluding carboxylic acids is 1. The lowest BCUT2D eigenvalue weighted by Gasteiger charge is -2.25. The Hall–Kier alpha value is -3.15. The molecule has 1 aromatic heterocycles. The van der Waals surface area contributed by atoms with Crippen LogP contribution >= 0.6 is 0 Å². The van der Waals surface area contributed by atoms with E-state index in [1.54, 1.807) is 17.0 Å². The summed E-state index contributed by atoms with van der Waals surface area (Å²) in [7, 11) is -3.79. The van der Waals surface area contributed by atoms with Crippen LogP contribution in [0.25, 0.3) is 0 Å². The summed E-state index contributed by atoms with van der Waals surface area (Å²) in [5.41, 5.74) is 3.21. The largest absolute Gasteiger partial charge is 0.493 e. The lowest BCUT2D eigenvalue weighted by Crippen LogP contribution is -2.38. The molecule has 0 saturated heterocycles. The fourth-order valence-electron chi connectivity index (χ4n) is 4.89. The summed E-state index contributed by atoms with van der Waals surface area (Å²) < 4.78 is 44.2. The number of pyridine rings is 1. The van der Waals surface area contributed by atoms with Gasteiger partial charge in [-0.3, -0.25) is 4.79 Å². The fraction of sp³-hybridized carbons (Fsp3) is 0.391. The first kappa shape index (κ1) is 21.4. The minimum Gasteiger partial charge on any atom is -0.493 e. The Labute approximate surface area is 196 Å². The van der Waals surface area contributed by atoms with Crippen LogP contribution in [-0.2, 0) is 21.2 Å². The highest BCUT2D eigenvalue weighted by Gasteiger charge is 2.40. The van der Waals surface area contributed by atoms with Gasteiger partial charge in [0.05, 0.1) is 12.8 Å². The number of amides is 1. The van der Waals surface area contributed by atoms with Crippen molar-refractivity contribution in [1.29, 1.82) is 0 Å². The van der Waals surface area contributed by atoms with E-state index in [2.05, 4.69) is 4.98 Å². The maximum absolute atomic E-state index is 13.2. The number of benzene rings is 1. The summed E-state index contributed by atoms with van der Waals surface area (Å²) in [4.78, 5) is 18.8. The third-order valence-electron chi connectivity index (χ3n) is 6.63. The van der Waals surface area contributed by atoms with E-state index in [0.717, 1.165) is 16.7 Å². The summed E-state index contributed by atoms with van der Waals surface area (Å²) in [6.45, 7) is 2.23. The van der Waals surface area contributed by atoms with Crippen LogP contribution in [0.4, 0.5) is 0 Å². The Morgan fingerprint density at radius 3 is 2.53 bits per heavy atom. The average Bonchev–Trinajstić information content (AvgIpc) is 3.57. The molecule has 0 radical (unpaired) electrons. The second-order valence-corrected chi connectivity index (χ2v) is 10.6. The van der Waals surface area contributed by atoms with Gasteiger partial charge < -0.3 is 24.2 Å². The molecule has 2 aromatic rings. The van der Waals surface area contributed by atoms with Gasteiger partial charge in [-0.1, -0.05) is 12.1 Å². The van der Waals surface area contributed by atoms with E-state index in [4.69, 9.17) is 14.2 Å². The monoisotopic (exact) mass is 485 g/mol. The van der Waals surface area contributed by atoms with Crippen LogP contribution in [0, 0.1) is 0 Å². The quantitative estimate of drug-likeness (QED) is 0.628. The number of hydrogen-bond acceptors (Lipinski definition) is 8. The smallest absolute Gasteiger partial charge is 0.257 e. The zero-order chi connectivity index (χ0) is 23.4. The van der Waals surface area contributed by atoms with Gasteiger partial charge in [-0.15, -0.1) is 0 Å². The number of aromatic nitrogens is 1. The fourth-order valence-corrected chi connectivity index (χ4v) is 6.28. The van der Waals surface area contributed by atoms with Gasteiger partial charge in [-0.2, -0.15) is 4.31 Å². The van der Waals surface area contributed by atoms with Crippen LogP contribution < -0.4 is 14.2 Å². The number of fused-ring (bicyclic) bond motifs is 2. The molecule has 5 heterocycles. The summed E-state index contributed by atoms with van der Waals surface area (Å²) >= 11 is 0. The van der Waals surface area contributed by atoms with Gasteiger partial charge in [-0.05, 0) is 22.8 Å². The van der Waals surface area contributed by atoms with Crippen LogP contribution in [0.3, 0.4) is 0 Å². The zero-order valence-corrected chi connectivity index (χ0v) is 19.1. The molecule has 34 heavy (non-hydrogen) atoms. The normalized spacial score (nSPS) is 20.2. The lowest BCUT2D eigenvalue weighted by molar-refractivity contribution is -0.139. The molecule has 0 saturated carbocycles. The van der Waals surface area contributed by atoms with E-state index in [0.29, 0.717) is 56.4 Å². The van der Waals surface area contributed by atoms with Crippen molar-refractivity contribution >= 4 is 15.9 Å². The van der Waals surface area contributed by atoms with Crippen molar-refractivity contribution in [1.82, 2.24) is 14.2 Å². The molecule has 6 rings (SSSR count). The number of ether oxygens (including phenoxy) is 3. The number of sulfonamides is 1. The van der Waals surface area contributed by atoms with Gasteiger partial charge in [0.15, 0.2) is 11.9 Å². The minimum absolute atomic E-state index is 0.0430. The van der Waals surface area contributed by atoms with Crippen molar-refractivity contribution in [2.75, 3.05) is 46.0 Å². The van der Waals surface area contributed by atoms with Gasteiger partial charge in [0.1, 0.15) is 23.9 Å². The van der Waals surface area contributed by atoms with Crippen molar-refractivity contribution < 1.29 is 32.5 Å². The Morgan fingerprint density at radius 2 is 1.74 bits per heavy atom. The van der Waals surface area contributed by atoms with E-state index in [1.807, 2.05) is 6.07 Å². The third kappa shape index (κ3) is 3.42. The summed E-state index contributed by atoms with van der Waals surface area (Å²) in [5, 5.41) is 10.8. The highest BCUT2D eigenvalue weighted by Crippen LogP contribution is 2.36. The molecular formula is C23H23N3O7S. The first-order chi connectivity index (χ1) is 16.4. The molecule has 0 bridgehead atoms. The van der Waals surface area contributed by atoms with Crippen molar-refractivity contribution in [3.05, 3.63) is 52.7 Å². The maximum atomic E-state index is 13.2. The lowest BCUT2D eigenvalue weighted by atomic mass is 9.99. The second kappa shape index (κ2) is 7.97. The molecular weight excluding hydrogens is 462 g/mol. The zero-order valence-electron chi connectivity index (χ0n) is 18.3. The van der Waals surface area contributed by atoms with Crippen LogP contribution in [0.2, 0.25) is 0 Å². The number of hydrogen-bond donors (Lipinski definition) is 1. The number of aliphatic hydroxyl groups excluding tert-OH is 1. The Kier molecular flexibility index (Phi) is 5.01. The highest BCUT2D eigenvalue weighted by molar-refractivity contribution is 7.89. The Balaban J connectivity index is 1.14. The molecule has 1 N–H and O–H groups in total. The second-order valence-electron chi connectivity index (χ2n) is 8.67. The molecule has 4 aliphatic rings. The summed E-state index contributed by atoms with van der Waals surface area (Å²) in [5.74, 6) is 0.923. The van der Waals surface area contributed by atoms with Gasteiger partial charge in [0, 0.05) is 44.2 Å². The molecule has 11 heteroatoms. The van der Waals surface area contributed by atoms with Crippen molar-refractivity contribution in [3.8, 4) is 17.4 Å². The van der Waals surface area contributed by atoms with Crippen LogP contribution in [0.5, 0.6) is 17.4 Å². The molecule has 1 atom stereocenters. The molecule has 178 valence electrons. The van der Waals surface area contributed by atoms with Crippen LogP contribution in [-0.4, -0.2) is 79.6 Å². The number of rotatable bonds is 4.